The fourth-order valence-corrected chi connectivity index (χ4v) is 1.51. The van der Waals surface area contributed by atoms with E-state index < -0.39 is 0 Å². The lowest BCUT2D eigenvalue weighted by atomic mass is 10.1. The molecule has 0 aliphatic carbocycles. The maximum atomic E-state index is 10.4. The Labute approximate surface area is 94.4 Å². The number of nitrogens with zero attached hydrogens (tertiary/aromatic N) is 2. The molecule has 0 amide bonds. The summed E-state index contributed by atoms with van der Waals surface area (Å²) in [7, 11) is 0. The molecule has 0 saturated carbocycles. The van der Waals surface area contributed by atoms with Crippen molar-refractivity contribution < 1.29 is 9.32 Å². The molecule has 2 rings (SSSR count). The van der Waals surface area contributed by atoms with Gasteiger partial charge in [-0.2, -0.15) is 4.98 Å². The second-order valence-corrected chi connectivity index (χ2v) is 3.89. The largest absolute Gasteiger partial charge is 0.331 e. The number of benzene rings is 1. The highest BCUT2D eigenvalue weighted by Crippen LogP contribution is 2.23. The molecule has 76 valence electrons. The quantitative estimate of drug-likeness (QED) is 0.785. The molecular weight excluding hydrogens is 260 g/mol. The monoisotopic (exact) mass is 266 g/mol. The highest BCUT2D eigenvalue weighted by molar-refractivity contribution is 9.10. The van der Waals surface area contributed by atoms with Crippen LogP contribution in [0.1, 0.15) is 16.2 Å². The smallest absolute Gasteiger partial charge is 0.291 e. The Balaban J connectivity index is 2.44. The fraction of sp³-hybridized carbons (Fsp3) is 0.100. The minimum absolute atomic E-state index is 0.0123. The van der Waals surface area contributed by atoms with Crippen LogP contribution in [0.2, 0.25) is 0 Å². The molecule has 0 atom stereocenters. The number of rotatable bonds is 2. The van der Waals surface area contributed by atoms with E-state index in [0.29, 0.717) is 12.1 Å². The summed E-state index contributed by atoms with van der Waals surface area (Å²) < 4.78 is 5.66. The Hall–Kier alpha value is -1.49. The minimum Gasteiger partial charge on any atom is -0.331 e. The van der Waals surface area contributed by atoms with Crippen LogP contribution in [-0.4, -0.2) is 16.4 Å². The van der Waals surface area contributed by atoms with Crippen LogP contribution < -0.4 is 0 Å². The second-order valence-electron chi connectivity index (χ2n) is 3.04. The maximum Gasteiger partial charge on any atom is 0.291 e. The van der Waals surface area contributed by atoms with E-state index in [4.69, 9.17) is 4.52 Å². The molecule has 5 heteroatoms. The van der Waals surface area contributed by atoms with Gasteiger partial charge in [0.25, 0.3) is 5.89 Å². The molecule has 0 N–H and O–H groups in total. The molecule has 0 unspecified atom stereocenters. The predicted octanol–water partition coefficient (Wildman–Crippen LogP) is 2.62. The maximum absolute atomic E-state index is 10.4. The predicted molar refractivity (Wildman–Crippen MR) is 57.6 cm³/mol. The molecule has 15 heavy (non-hydrogen) atoms. The van der Waals surface area contributed by atoms with Crippen molar-refractivity contribution in [2.75, 3.05) is 0 Å². The molecule has 0 bridgehead atoms. The van der Waals surface area contributed by atoms with Crippen molar-refractivity contribution in [3.05, 3.63) is 34.1 Å². The van der Waals surface area contributed by atoms with E-state index in [9.17, 15) is 4.79 Å². The molecule has 0 aliphatic heterocycles. The van der Waals surface area contributed by atoms with Crippen LogP contribution in [-0.2, 0) is 0 Å². The highest BCUT2D eigenvalue weighted by atomic mass is 79.9. The summed E-state index contributed by atoms with van der Waals surface area (Å²) in [6.07, 6.45) is 0.528. The normalized spacial score (nSPS) is 10.3. The number of aldehydes is 1. The SMILES string of the molecule is Cc1ccc(-c2noc(C=O)n2)cc1Br. The van der Waals surface area contributed by atoms with Crippen LogP contribution in [0.15, 0.2) is 27.2 Å². The van der Waals surface area contributed by atoms with Gasteiger partial charge < -0.3 is 4.52 Å². The van der Waals surface area contributed by atoms with Gasteiger partial charge in [0.15, 0.2) is 0 Å². The first-order valence-electron chi connectivity index (χ1n) is 4.26. The summed E-state index contributed by atoms with van der Waals surface area (Å²) in [6.45, 7) is 1.99. The van der Waals surface area contributed by atoms with Crippen molar-refractivity contribution >= 4 is 22.2 Å². The first-order valence-corrected chi connectivity index (χ1v) is 5.05. The zero-order chi connectivity index (χ0) is 10.8. The Morgan fingerprint density at radius 1 is 1.47 bits per heavy atom. The first kappa shape index (κ1) is 10.0. The molecule has 4 nitrogen and oxygen atoms in total. The molecular formula is C10H7BrN2O2. The minimum atomic E-state index is -0.0123. The van der Waals surface area contributed by atoms with Gasteiger partial charge in [0.1, 0.15) is 0 Å². The summed E-state index contributed by atoms with van der Waals surface area (Å²) >= 11 is 3.41. The lowest BCUT2D eigenvalue weighted by molar-refractivity contribution is 0.108. The zero-order valence-electron chi connectivity index (χ0n) is 7.90. The average molecular weight is 267 g/mol. The average Bonchev–Trinajstić information content (AvgIpc) is 2.70. The third-order valence-corrected chi connectivity index (χ3v) is 2.83. The summed E-state index contributed by atoms with van der Waals surface area (Å²) in [6, 6.07) is 5.70. The number of carbonyl (C=O) groups is 1. The Bertz CT molecular complexity index is 508. The van der Waals surface area contributed by atoms with Crippen molar-refractivity contribution in [3.63, 3.8) is 0 Å². The van der Waals surface area contributed by atoms with E-state index in [2.05, 4.69) is 26.1 Å². The van der Waals surface area contributed by atoms with Gasteiger partial charge in [-0.05, 0) is 18.6 Å². The Kier molecular flexibility index (Phi) is 2.64. The van der Waals surface area contributed by atoms with E-state index in [1.807, 2.05) is 25.1 Å². The zero-order valence-corrected chi connectivity index (χ0v) is 9.48. The van der Waals surface area contributed by atoms with E-state index in [0.717, 1.165) is 15.6 Å². The van der Waals surface area contributed by atoms with E-state index in [1.54, 1.807) is 0 Å². The lowest BCUT2D eigenvalue weighted by Gasteiger charge is -1.98. The van der Waals surface area contributed by atoms with Crippen LogP contribution >= 0.6 is 15.9 Å². The molecule has 0 aliphatic rings. The van der Waals surface area contributed by atoms with E-state index in [-0.39, 0.29) is 5.89 Å². The lowest BCUT2D eigenvalue weighted by Crippen LogP contribution is -1.83. The number of aromatic nitrogens is 2. The van der Waals surface area contributed by atoms with Gasteiger partial charge in [-0.25, -0.2) is 0 Å². The van der Waals surface area contributed by atoms with Crippen molar-refractivity contribution in [1.29, 1.82) is 0 Å². The molecule has 1 heterocycles. The van der Waals surface area contributed by atoms with Crippen LogP contribution in [0.4, 0.5) is 0 Å². The van der Waals surface area contributed by atoms with Gasteiger partial charge in [0, 0.05) is 10.0 Å². The molecule has 0 fully saturated rings. The fourth-order valence-electron chi connectivity index (χ4n) is 1.13. The molecule has 1 aromatic carbocycles. The van der Waals surface area contributed by atoms with Gasteiger partial charge in [-0.3, -0.25) is 4.79 Å². The van der Waals surface area contributed by atoms with E-state index >= 15 is 0 Å². The Morgan fingerprint density at radius 3 is 2.87 bits per heavy atom. The van der Waals surface area contributed by atoms with Gasteiger partial charge in [0.2, 0.25) is 12.1 Å². The van der Waals surface area contributed by atoms with Crippen LogP contribution in [0.3, 0.4) is 0 Å². The van der Waals surface area contributed by atoms with Crippen LogP contribution in [0.25, 0.3) is 11.4 Å². The first-order chi connectivity index (χ1) is 7.20. The van der Waals surface area contributed by atoms with Crippen LogP contribution in [0.5, 0.6) is 0 Å². The summed E-state index contributed by atoms with van der Waals surface area (Å²) in [5, 5.41) is 3.69. The third-order valence-electron chi connectivity index (χ3n) is 1.97. The highest BCUT2D eigenvalue weighted by Gasteiger charge is 2.08. The van der Waals surface area contributed by atoms with Crippen molar-refractivity contribution in [1.82, 2.24) is 10.1 Å². The molecule has 0 saturated heterocycles. The molecule has 2 aromatic rings. The second kappa shape index (κ2) is 3.94. The summed E-state index contributed by atoms with van der Waals surface area (Å²) in [5.41, 5.74) is 1.93. The van der Waals surface area contributed by atoms with Gasteiger partial charge in [-0.1, -0.05) is 33.2 Å². The van der Waals surface area contributed by atoms with E-state index in [1.165, 1.54) is 0 Å². The summed E-state index contributed by atoms with van der Waals surface area (Å²) in [4.78, 5) is 14.3. The van der Waals surface area contributed by atoms with Crippen molar-refractivity contribution in [3.8, 4) is 11.4 Å². The Morgan fingerprint density at radius 2 is 2.27 bits per heavy atom. The number of halogens is 1. The number of hydrogen-bond acceptors (Lipinski definition) is 4. The topological polar surface area (TPSA) is 56.0 Å². The number of carbonyl (C=O) groups excluding carboxylic acids is 1. The van der Waals surface area contributed by atoms with Gasteiger partial charge in [-0.15, -0.1) is 0 Å². The number of hydrogen-bond donors (Lipinski definition) is 0. The van der Waals surface area contributed by atoms with Gasteiger partial charge >= 0.3 is 0 Å². The molecule has 0 radical (unpaired) electrons. The van der Waals surface area contributed by atoms with Gasteiger partial charge in [0.05, 0.1) is 0 Å². The standard InChI is InChI=1S/C10H7BrN2O2/c1-6-2-3-7(4-8(6)11)10-12-9(5-14)15-13-10/h2-5H,1H3. The molecule has 1 aromatic heterocycles. The van der Waals surface area contributed by atoms with Crippen molar-refractivity contribution in [2.24, 2.45) is 0 Å². The van der Waals surface area contributed by atoms with Crippen LogP contribution in [0, 0.1) is 6.92 Å². The molecule has 0 spiro atoms. The third kappa shape index (κ3) is 1.97. The summed E-state index contributed by atoms with van der Waals surface area (Å²) in [5.74, 6) is 0.402. The van der Waals surface area contributed by atoms with Crippen molar-refractivity contribution in [2.45, 2.75) is 6.92 Å². The number of aryl methyl sites for hydroxylation is 1.